The summed E-state index contributed by atoms with van der Waals surface area (Å²) in [5, 5.41) is 3.39. The second-order valence-electron chi connectivity index (χ2n) is 5.81. The fraction of sp³-hybridized carbons (Fsp3) is 0.353. The summed E-state index contributed by atoms with van der Waals surface area (Å²) in [6.45, 7) is 3.20. The molecular formula is C17H19ClN4O2. The molecule has 0 bridgehead atoms. The van der Waals surface area contributed by atoms with Crippen LogP contribution in [0.1, 0.15) is 18.4 Å². The highest BCUT2D eigenvalue weighted by molar-refractivity contribution is 6.30. The minimum absolute atomic E-state index is 0.120. The van der Waals surface area contributed by atoms with Crippen molar-refractivity contribution in [3.05, 3.63) is 47.2 Å². The Morgan fingerprint density at radius 1 is 1.38 bits per heavy atom. The van der Waals surface area contributed by atoms with E-state index in [9.17, 15) is 4.79 Å². The molecule has 1 aliphatic rings. The van der Waals surface area contributed by atoms with Crippen LogP contribution in [0.4, 0.5) is 10.5 Å². The minimum atomic E-state index is -0.122. The number of rotatable bonds is 3. The monoisotopic (exact) mass is 346 g/mol. The number of likely N-dealkylation sites (tertiary alicyclic amines) is 1. The van der Waals surface area contributed by atoms with Crippen LogP contribution in [0.25, 0.3) is 0 Å². The van der Waals surface area contributed by atoms with Crippen LogP contribution >= 0.6 is 11.6 Å². The molecule has 1 unspecified atom stereocenters. The number of urea groups is 1. The summed E-state index contributed by atoms with van der Waals surface area (Å²) in [5.41, 5.74) is 1.90. The van der Waals surface area contributed by atoms with Crippen LogP contribution < -0.4 is 10.1 Å². The Balaban J connectivity index is 1.58. The molecule has 2 aromatic rings. The molecule has 126 valence electrons. The number of piperidine rings is 1. The van der Waals surface area contributed by atoms with Crippen molar-refractivity contribution in [3.8, 4) is 6.01 Å². The number of hydrogen-bond donors (Lipinski definition) is 1. The van der Waals surface area contributed by atoms with Gasteiger partial charge in [0, 0.05) is 12.2 Å². The van der Waals surface area contributed by atoms with Crippen LogP contribution in [0.3, 0.4) is 0 Å². The Bertz CT molecular complexity index is 708. The average Bonchev–Trinajstić information content (AvgIpc) is 2.57. The van der Waals surface area contributed by atoms with Gasteiger partial charge in [0.05, 0.1) is 24.0 Å². The summed E-state index contributed by atoms with van der Waals surface area (Å²) >= 11 is 5.77. The van der Waals surface area contributed by atoms with Crippen LogP contribution in [0.2, 0.25) is 5.02 Å². The molecule has 1 atom stereocenters. The number of amides is 2. The summed E-state index contributed by atoms with van der Waals surface area (Å²) < 4.78 is 5.76. The second kappa shape index (κ2) is 7.49. The van der Waals surface area contributed by atoms with Crippen molar-refractivity contribution in [3.63, 3.8) is 0 Å². The number of nitrogens with one attached hydrogen (secondary N) is 1. The van der Waals surface area contributed by atoms with Crippen molar-refractivity contribution in [1.29, 1.82) is 0 Å². The van der Waals surface area contributed by atoms with Gasteiger partial charge in [0.1, 0.15) is 6.10 Å². The Morgan fingerprint density at radius 3 is 2.92 bits per heavy atom. The molecule has 7 heteroatoms. The third kappa shape index (κ3) is 4.35. The Kier molecular flexibility index (Phi) is 5.15. The molecule has 0 saturated carbocycles. The van der Waals surface area contributed by atoms with E-state index in [1.165, 1.54) is 12.4 Å². The third-order valence-corrected chi connectivity index (χ3v) is 4.00. The van der Waals surface area contributed by atoms with Crippen molar-refractivity contribution in [1.82, 2.24) is 14.9 Å². The van der Waals surface area contributed by atoms with Gasteiger partial charge in [-0.25, -0.2) is 14.8 Å². The molecule has 0 radical (unpaired) electrons. The van der Waals surface area contributed by atoms with E-state index >= 15 is 0 Å². The van der Waals surface area contributed by atoms with Gasteiger partial charge in [-0.1, -0.05) is 23.7 Å². The van der Waals surface area contributed by atoms with E-state index in [0.29, 0.717) is 18.1 Å². The van der Waals surface area contributed by atoms with E-state index in [4.69, 9.17) is 16.3 Å². The summed E-state index contributed by atoms with van der Waals surface area (Å²) in [7, 11) is 0. The zero-order chi connectivity index (χ0) is 16.9. The SMILES string of the molecule is Cc1cccc(NC(=O)N2CCCC(Oc3ncc(Cl)cn3)C2)c1. The molecule has 1 aromatic heterocycles. The number of carbonyl (C=O) groups is 1. The van der Waals surface area contributed by atoms with Crippen molar-refractivity contribution in [2.24, 2.45) is 0 Å². The lowest BCUT2D eigenvalue weighted by Gasteiger charge is -2.32. The molecule has 1 saturated heterocycles. The molecule has 1 fully saturated rings. The lowest BCUT2D eigenvalue weighted by Crippen LogP contribution is -2.46. The largest absolute Gasteiger partial charge is 0.458 e. The first-order valence-corrected chi connectivity index (χ1v) is 8.25. The van der Waals surface area contributed by atoms with Crippen LogP contribution in [-0.2, 0) is 0 Å². The Morgan fingerprint density at radius 2 is 2.17 bits per heavy atom. The number of nitrogens with zero attached hydrogens (tertiary/aromatic N) is 3. The Labute approximate surface area is 145 Å². The molecule has 0 spiro atoms. The van der Waals surface area contributed by atoms with Gasteiger partial charge in [-0.05, 0) is 37.5 Å². The molecule has 0 aliphatic carbocycles. The van der Waals surface area contributed by atoms with E-state index in [-0.39, 0.29) is 18.1 Å². The average molecular weight is 347 g/mol. The number of aryl methyl sites for hydroxylation is 1. The van der Waals surface area contributed by atoms with Crippen LogP contribution in [0.5, 0.6) is 6.01 Å². The predicted octanol–water partition coefficient (Wildman–Crippen LogP) is 3.51. The fourth-order valence-corrected chi connectivity index (χ4v) is 2.75. The molecule has 6 nitrogen and oxygen atoms in total. The summed E-state index contributed by atoms with van der Waals surface area (Å²) in [5.74, 6) is 0. The summed E-state index contributed by atoms with van der Waals surface area (Å²) in [6.07, 6.45) is 4.60. The van der Waals surface area contributed by atoms with Crippen LogP contribution in [-0.4, -0.2) is 40.1 Å². The van der Waals surface area contributed by atoms with Gasteiger partial charge in [0.15, 0.2) is 0 Å². The zero-order valence-electron chi connectivity index (χ0n) is 13.4. The first kappa shape index (κ1) is 16.5. The highest BCUT2D eigenvalue weighted by atomic mass is 35.5. The van der Waals surface area contributed by atoms with Crippen molar-refractivity contribution < 1.29 is 9.53 Å². The smallest absolute Gasteiger partial charge is 0.321 e. The molecule has 2 amide bonds. The highest BCUT2D eigenvalue weighted by Crippen LogP contribution is 2.18. The van der Waals surface area contributed by atoms with Gasteiger partial charge in [0.2, 0.25) is 0 Å². The normalized spacial score (nSPS) is 17.4. The predicted molar refractivity (Wildman–Crippen MR) is 92.5 cm³/mol. The standard InChI is InChI=1S/C17H19ClN4O2/c1-12-4-2-5-14(8-12)21-17(23)22-7-3-6-15(11-22)24-16-19-9-13(18)10-20-16/h2,4-5,8-10,15H,3,6-7,11H2,1H3,(H,21,23). The quantitative estimate of drug-likeness (QED) is 0.923. The van der Waals surface area contributed by atoms with Gasteiger partial charge in [-0.3, -0.25) is 0 Å². The number of aromatic nitrogens is 2. The number of anilines is 1. The van der Waals surface area contributed by atoms with E-state index in [1.807, 2.05) is 31.2 Å². The van der Waals surface area contributed by atoms with Gasteiger partial charge < -0.3 is 15.0 Å². The molecule has 3 rings (SSSR count). The topological polar surface area (TPSA) is 67.4 Å². The fourth-order valence-electron chi connectivity index (χ4n) is 2.65. The molecule has 1 aliphatic heterocycles. The van der Waals surface area contributed by atoms with E-state index < -0.39 is 0 Å². The number of carbonyl (C=O) groups excluding carboxylic acids is 1. The first-order chi connectivity index (χ1) is 11.6. The van der Waals surface area contributed by atoms with Crippen LogP contribution in [0, 0.1) is 6.92 Å². The summed E-state index contributed by atoms with van der Waals surface area (Å²) in [4.78, 5) is 22.3. The van der Waals surface area contributed by atoms with E-state index in [0.717, 1.165) is 24.1 Å². The lowest BCUT2D eigenvalue weighted by atomic mass is 10.1. The van der Waals surface area contributed by atoms with E-state index in [2.05, 4.69) is 15.3 Å². The van der Waals surface area contributed by atoms with Gasteiger partial charge in [0.25, 0.3) is 0 Å². The maximum Gasteiger partial charge on any atom is 0.321 e. The maximum absolute atomic E-state index is 12.4. The minimum Gasteiger partial charge on any atom is -0.458 e. The zero-order valence-corrected chi connectivity index (χ0v) is 14.2. The molecule has 1 aromatic carbocycles. The number of ether oxygens (including phenoxy) is 1. The number of benzene rings is 1. The van der Waals surface area contributed by atoms with Gasteiger partial charge in [-0.2, -0.15) is 0 Å². The summed E-state index contributed by atoms with van der Waals surface area (Å²) in [6, 6.07) is 7.90. The molecule has 24 heavy (non-hydrogen) atoms. The number of hydrogen-bond acceptors (Lipinski definition) is 4. The van der Waals surface area contributed by atoms with Crippen molar-refractivity contribution >= 4 is 23.3 Å². The highest BCUT2D eigenvalue weighted by Gasteiger charge is 2.25. The lowest BCUT2D eigenvalue weighted by molar-refractivity contribution is 0.0983. The third-order valence-electron chi connectivity index (χ3n) is 3.80. The molecule has 2 heterocycles. The Hall–Kier alpha value is -2.34. The van der Waals surface area contributed by atoms with Gasteiger partial charge in [-0.15, -0.1) is 0 Å². The van der Waals surface area contributed by atoms with E-state index in [1.54, 1.807) is 4.90 Å². The van der Waals surface area contributed by atoms with Crippen molar-refractivity contribution in [2.75, 3.05) is 18.4 Å². The van der Waals surface area contributed by atoms with Gasteiger partial charge >= 0.3 is 12.0 Å². The molecule has 1 N–H and O–H groups in total. The van der Waals surface area contributed by atoms with Crippen molar-refractivity contribution in [2.45, 2.75) is 25.9 Å². The van der Waals surface area contributed by atoms with Crippen LogP contribution in [0.15, 0.2) is 36.7 Å². The molecular weight excluding hydrogens is 328 g/mol. The second-order valence-corrected chi connectivity index (χ2v) is 6.25. The number of halogens is 1. The first-order valence-electron chi connectivity index (χ1n) is 7.87. The maximum atomic E-state index is 12.4.